The molecule has 0 aliphatic carbocycles. The molecule has 0 radical (unpaired) electrons. The van der Waals surface area contributed by atoms with Crippen molar-refractivity contribution in [2.45, 2.75) is 43.6 Å². The van der Waals surface area contributed by atoms with E-state index in [9.17, 15) is 0 Å². The predicted molar refractivity (Wildman–Crippen MR) is 77.7 cm³/mol. The summed E-state index contributed by atoms with van der Waals surface area (Å²) in [7, 11) is 0. The summed E-state index contributed by atoms with van der Waals surface area (Å²) in [5.74, 6) is 1.15. The van der Waals surface area contributed by atoms with E-state index < -0.39 is 0 Å². The summed E-state index contributed by atoms with van der Waals surface area (Å²) in [6.45, 7) is 9.17. The summed E-state index contributed by atoms with van der Waals surface area (Å²) in [6, 6.07) is 9.14. The van der Waals surface area contributed by atoms with Crippen LogP contribution >= 0.6 is 11.8 Å². The summed E-state index contributed by atoms with van der Waals surface area (Å²) >= 11 is 2.09. The lowest BCUT2D eigenvalue weighted by Crippen LogP contribution is -2.11. The van der Waals surface area contributed by atoms with Gasteiger partial charge in [-0.25, -0.2) is 0 Å². The van der Waals surface area contributed by atoms with Gasteiger partial charge in [-0.15, -0.1) is 0 Å². The van der Waals surface area contributed by atoms with E-state index in [0.29, 0.717) is 0 Å². The molecule has 17 heavy (non-hydrogen) atoms. The molecule has 1 aliphatic rings. The predicted octanol–water partition coefficient (Wildman–Crippen LogP) is 3.58. The summed E-state index contributed by atoms with van der Waals surface area (Å²) in [4.78, 5) is 0. The second-order valence-electron chi connectivity index (χ2n) is 5.87. The van der Waals surface area contributed by atoms with Gasteiger partial charge in [-0.1, -0.05) is 45.0 Å². The number of thioether (sulfide) groups is 1. The Morgan fingerprint density at radius 1 is 1.24 bits per heavy atom. The largest absolute Gasteiger partial charge is 0.316 e. The Labute approximate surface area is 109 Å². The maximum absolute atomic E-state index is 3.42. The van der Waals surface area contributed by atoms with Crippen molar-refractivity contribution in [2.75, 3.05) is 13.1 Å². The van der Waals surface area contributed by atoms with Crippen LogP contribution < -0.4 is 5.32 Å². The standard InChI is InChI=1S/C15H23NS/c1-15(2,3)13-6-4-12(5-7-13)11-17-14-8-9-16-10-14/h4-7,14,16H,8-11H2,1-3H3. The minimum atomic E-state index is 0.265. The molecule has 1 N–H and O–H groups in total. The number of nitrogens with one attached hydrogen (secondary N) is 1. The van der Waals surface area contributed by atoms with Gasteiger partial charge in [0.2, 0.25) is 0 Å². The molecule has 0 spiro atoms. The average Bonchev–Trinajstić information content (AvgIpc) is 2.78. The number of hydrogen-bond donors (Lipinski definition) is 1. The third kappa shape index (κ3) is 3.75. The van der Waals surface area contributed by atoms with Crippen molar-refractivity contribution in [3.63, 3.8) is 0 Å². The van der Waals surface area contributed by atoms with Crippen LogP contribution in [0.2, 0.25) is 0 Å². The van der Waals surface area contributed by atoms with Crippen molar-refractivity contribution in [2.24, 2.45) is 0 Å². The van der Waals surface area contributed by atoms with Crippen molar-refractivity contribution in [1.29, 1.82) is 0 Å². The van der Waals surface area contributed by atoms with E-state index in [2.05, 4.69) is 62.1 Å². The summed E-state index contributed by atoms with van der Waals surface area (Å²) in [5.41, 5.74) is 3.14. The van der Waals surface area contributed by atoms with Gasteiger partial charge >= 0.3 is 0 Å². The monoisotopic (exact) mass is 249 g/mol. The van der Waals surface area contributed by atoms with E-state index in [4.69, 9.17) is 0 Å². The fourth-order valence-electron chi connectivity index (χ4n) is 2.09. The van der Waals surface area contributed by atoms with Gasteiger partial charge in [-0.2, -0.15) is 11.8 Å². The van der Waals surface area contributed by atoms with Crippen molar-refractivity contribution >= 4 is 11.8 Å². The molecule has 0 aromatic heterocycles. The van der Waals surface area contributed by atoms with Crippen LogP contribution in [0.5, 0.6) is 0 Å². The number of rotatable bonds is 3. The minimum Gasteiger partial charge on any atom is -0.316 e. The topological polar surface area (TPSA) is 12.0 Å². The first-order valence-electron chi connectivity index (χ1n) is 6.47. The lowest BCUT2D eigenvalue weighted by molar-refractivity contribution is 0.590. The van der Waals surface area contributed by atoms with Crippen LogP contribution in [0.25, 0.3) is 0 Å². The van der Waals surface area contributed by atoms with E-state index >= 15 is 0 Å². The molecular formula is C15H23NS. The molecule has 1 heterocycles. The van der Waals surface area contributed by atoms with Gasteiger partial charge < -0.3 is 5.32 Å². The number of hydrogen-bond acceptors (Lipinski definition) is 2. The maximum atomic E-state index is 3.42. The molecule has 0 bridgehead atoms. The quantitative estimate of drug-likeness (QED) is 0.879. The van der Waals surface area contributed by atoms with Crippen molar-refractivity contribution < 1.29 is 0 Å². The number of benzene rings is 1. The van der Waals surface area contributed by atoms with Gasteiger partial charge in [0, 0.05) is 17.5 Å². The molecule has 0 amide bonds. The molecule has 1 aliphatic heterocycles. The zero-order valence-corrected chi connectivity index (χ0v) is 11.9. The molecular weight excluding hydrogens is 226 g/mol. The van der Waals surface area contributed by atoms with Gasteiger partial charge in [-0.05, 0) is 29.5 Å². The Hall–Kier alpha value is -0.470. The molecule has 94 valence electrons. The summed E-state index contributed by atoms with van der Waals surface area (Å²) in [6.07, 6.45) is 1.32. The summed E-state index contributed by atoms with van der Waals surface area (Å²) < 4.78 is 0. The van der Waals surface area contributed by atoms with E-state index in [1.54, 1.807) is 0 Å². The first-order valence-corrected chi connectivity index (χ1v) is 7.52. The third-order valence-electron chi connectivity index (χ3n) is 3.32. The van der Waals surface area contributed by atoms with Crippen molar-refractivity contribution in [1.82, 2.24) is 5.32 Å². The highest BCUT2D eigenvalue weighted by molar-refractivity contribution is 7.99. The van der Waals surface area contributed by atoms with Gasteiger partial charge in [0.15, 0.2) is 0 Å². The Kier molecular flexibility index (Phi) is 4.16. The third-order valence-corrected chi connectivity index (χ3v) is 4.69. The first-order chi connectivity index (χ1) is 8.05. The molecule has 1 aromatic carbocycles. The molecule has 1 aromatic rings. The van der Waals surface area contributed by atoms with Crippen LogP contribution in [0.3, 0.4) is 0 Å². The second kappa shape index (κ2) is 5.45. The van der Waals surface area contributed by atoms with E-state index in [-0.39, 0.29) is 5.41 Å². The molecule has 0 saturated carbocycles. The molecule has 1 saturated heterocycles. The average molecular weight is 249 g/mol. The zero-order valence-electron chi connectivity index (χ0n) is 11.1. The van der Waals surface area contributed by atoms with Gasteiger partial charge in [-0.3, -0.25) is 0 Å². The normalized spacial score (nSPS) is 20.8. The maximum Gasteiger partial charge on any atom is 0.0187 e. The van der Waals surface area contributed by atoms with E-state index in [1.165, 1.54) is 30.6 Å². The fourth-order valence-corrected chi connectivity index (χ4v) is 3.23. The minimum absolute atomic E-state index is 0.265. The van der Waals surface area contributed by atoms with Gasteiger partial charge in [0.05, 0.1) is 0 Å². The Balaban J connectivity index is 1.89. The summed E-state index contributed by atoms with van der Waals surface area (Å²) in [5, 5.41) is 4.23. The molecule has 2 heteroatoms. The van der Waals surface area contributed by atoms with Crippen LogP contribution in [-0.2, 0) is 11.2 Å². The SMILES string of the molecule is CC(C)(C)c1ccc(CSC2CCNC2)cc1. The zero-order chi connectivity index (χ0) is 12.3. The highest BCUT2D eigenvalue weighted by Gasteiger charge is 2.15. The Bertz CT molecular complexity index is 344. The lowest BCUT2D eigenvalue weighted by Gasteiger charge is -2.19. The van der Waals surface area contributed by atoms with Crippen molar-refractivity contribution in [3.05, 3.63) is 35.4 Å². The molecule has 2 rings (SSSR count). The molecule has 1 fully saturated rings. The molecule has 1 nitrogen and oxygen atoms in total. The fraction of sp³-hybridized carbons (Fsp3) is 0.600. The van der Waals surface area contributed by atoms with Crippen LogP contribution in [0, 0.1) is 0 Å². The van der Waals surface area contributed by atoms with Crippen molar-refractivity contribution in [3.8, 4) is 0 Å². The van der Waals surface area contributed by atoms with E-state index in [0.717, 1.165) is 11.0 Å². The van der Waals surface area contributed by atoms with Crippen LogP contribution in [0.15, 0.2) is 24.3 Å². The smallest absolute Gasteiger partial charge is 0.0187 e. The second-order valence-corrected chi connectivity index (χ2v) is 7.16. The van der Waals surface area contributed by atoms with E-state index in [1.807, 2.05) is 0 Å². The van der Waals surface area contributed by atoms with Gasteiger partial charge in [0.1, 0.15) is 0 Å². The lowest BCUT2D eigenvalue weighted by atomic mass is 9.87. The highest BCUT2D eigenvalue weighted by atomic mass is 32.2. The first kappa shape index (κ1) is 13.0. The molecule has 1 unspecified atom stereocenters. The Morgan fingerprint density at radius 3 is 2.47 bits per heavy atom. The highest BCUT2D eigenvalue weighted by Crippen LogP contribution is 2.25. The van der Waals surface area contributed by atoms with Crippen LogP contribution in [-0.4, -0.2) is 18.3 Å². The van der Waals surface area contributed by atoms with Crippen LogP contribution in [0.1, 0.15) is 38.3 Å². The molecule has 1 atom stereocenters. The van der Waals surface area contributed by atoms with Crippen LogP contribution in [0.4, 0.5) is 0 Å². The van der Waals surface area contributed by atoms with Gasteiger partial charge in [0.25, 0.3) is 0 Å². The Morgan fingerprint density at radius 2 is 1.94 bits per heavy atom.